The Hall–Kier alpha value is -1.29. The predicted molar refractivity (Wildman–Crippen MR) is 69.6 cm³/mol. The van der Waals surface area contributed by atoms with Crippen LogP contribution < -0.4 is 5.32 Å². The number of hydrogen-bond acceptors (Lipinski definition) is 3. The molecular formula is C13H15NO2S. The molecule has 1 aliphatic rings. The third-order valence-corrected chi connectivity index (χ3v) is 3.60. The lowest BCUT2D eigenvalue weighted by Crippen LogP contribution is -2.19. The zero-order valence-electron chi connectivity index (χ0n) is 9.95. The smallest absolute Gasteiger partial charge is 0.234 e. The van der Waals surface area contributed by atoms with Crippen LogP contribution in [0.3, 0.4) is 0 Å². The standard InChI is InChI=1S/C13H15NO2S/c1-8(2)5-11(15)9-3-4-12-10(6-9)14-13(16)7-17-12/h3-4,6,8H,5,7H2,1-2H3,(H,14,16). The van der Waals surface area contributed by atoms with Crippen molar-refractivity contribution in [2.75, 3.05) is 11.1 Å². The van der Waals surface area contributed by atoms with E-state index in [4.69, 9.17) is 0 Å². The van der Waals surface area contributed by atoms with Gasteiger partial charge in [-0.05, 0) is 18.1 Å². The van der Waals surface area contributed by atoms with Crippen LogP contribution in [0.4, 0.5) is 5.69 Å². The Morgan fingerprint density at radius 3 is 2.94 bits per heavy atom. The van der Waals surface area contributed by atoms with Gasteiger partial charge in [0.2, 0.25) is 5.91 Å². The summed E-state index contributed by atoms with van der Waals surface area (Å²) in [6, 6.07) is 5.53. The third kappa shape index (κ3) is 2.88. The zero-order chi connectivity index (χ0) is 12.4. The molecule has 1 heterocycles. The summed E-state index contributed by atoms with van der Waals surface area (Å²) in [7, 11) is 0. The fourth-order valence-electron chi connectivity index (χ4n) is 1.75. The lowest BCUT2D eigenvalue weighted by atomic mass is 10.0. The van der Waals surface area contributed by atoms with Crippen molar-refractivity contribution < 1.29 is 9.59 Å². The van der Waals surface area contributed by atoms with Crippen LogP contribution in [0.5, 0.6) is 0 Å². The van der Waals surface area contributed by atoms with Gasteiger partial charge in [0.25, 0.3) is 0 Å². The van der Waals surface area contributed by atoms with Gasteiger partial charge in [-0.1, -0.05) is 19.9 Å². The normalized spacial score (nSPS) is 14.4. The number of Topliss-reactive ketones (excluding diaryl/α,β-unsaturated/α-hetero) is 1. The molecule has 17 heavy (non-hydrogen) atoms. The van der Waals surface area contributed by atoms with Gasteiger partial charge < -0.3 is 5.32 Å². The van der Waals surface area contributed by atoms with Crippen LogP contribution in [0.2, 0.25) is 0 Å². The van der Waals surface area contributed by atoms with E-state index in [1.54, 1.807) is 6.07 Å². The quantitative estimate of drug-likeness (QED) is 0.838. The van der Waals surface area contributed by atoms with Gasteiger partial charge in [0.15, 0.2) is 5.78 Å². The second-order valence-corrected chi connectivity index (χ2v) is 5.59. The molecule has 3 nitrogen and oxygen atoms in total. The molecular weight excluding hydrogens is 234 g/mol. The van der Waals surface area contributed by atoms with Crippen molar-refractivity contribution in [3.05, 3.63) is 23.8 Å². The van der Waals surface area contributed by atoms with Gasteiger partial charge in [-0.3, -0.25) is 9.59 Å². The second kappa shape index (κ2) is 4.92. The van der Waals surface area contributed by atoms with Gasteiger partial charge in [-0.25, -0.2) is 0 Å². The second-order valence-electron chi connectivity index (χ2n) is 4.57. The van der Waals surface area contributed by atoms with Crippen LogP contribution in [-0.4, -0.2) is 17.4 Å². The Morgan fingerprint density at radius 2 is 2.24 bits per heavy atom. The number of thioether (sulfide) groups is 1. The van der Waals surface area contributed by atoms with E-state index in [0.717, 1.165) is 10.6 Å². The maximum Gasteiger partial charge on any atom is 0.234 e. The SMILES string of the molecule is CC(C)CC(=O)c1ccc2c(c1)NC(=O)CS2. The Labute approximate surface area is 105 Å². The lowest BCUT2D eigenvalue weighted by molar-refractivity contribution is -0.113. The molecule has 1 amide bonds. The van der Waals surface area contributed by atoms with E-state index in [1.807, 2.05) is 26.0 Å². The molecule has 0 radical (unpaired) electrons. The number of rotatable bonds is 3. The molecule has 0 saturated heterocycles. The number of fused-ring (bicyclic) bond motifs is 1. The number of nitrogens with one attached hydrogen (secondary N) is 1. The first-order valence-electron chi connectivity index (χ1n) is 5.66. The summed E-state index contributed by atoms with van der Waals surface area (Å²) in [5.74, 6) is 0.929. The van der Waals surface area contributed by atoms with Crippen LogP contribution in [-0.2, 0) is 4.79 Å². The number of carbonyl (C=O) groups excluding carboxylic acids is 2. The summed E-state index contributed by atoms with van der Waals surface area (Å²) in [5.41, 5.74) is 1.45. The first kappa shape index (κ1) is 12.2. The maximum absolute atomic E-state index is 11.9. The molecule has 0 fully saturated rings. The first-order valence-corrected chi connectivity index (χ1v) is 6.64. The monoisotopic (exact) mass is 249 g/mol. The number of carbonyl (C=O) groups is 2. The highest BCUT2D eigenvalue weighted by Gasteiger charge is 2.17. The van der Waals surface area contributed by atoms with Gasteiger partial charge in [0, 0.05) is 16.9 Å². The molecule has 0 bridgehead atoms. The molecule has 1 aromatic rings. The van der Waals surface area contributed by atoms with Crippen molar-refractivity contribution in [1.82, 2.24) is 0 Å². The Bertz CT molecular complexity index is 468. The molecule has 0 aromatic heterocycles. The van der Waals surface area contributed by atoms with Crippen molar-refractivity contribution >= 4 is 29.1 Å². The summed E-state index contributed by atoms with van der Waals surface area (Å²) in [4.78, 5) is 24.2. The molecule has 0 saturated carbocycles. The summed E-state index contributed by atoms with van der Waals surface area (Å²) in [6.07, 6.45) is 0.542. The molecule has 1 aromatic carbocycles. The predicted octanol–water partition coefficient (Wildman–Crippen LogP) is 2.96. The molecule has 2 rings (SSSR count). The van der Waals surface area contributed by atoms with Gasteiger partial charge in [0.05, 0.1) is 11.4 Å². The highest BCUT2D eigenvalue weighted by molar-refractivity contribution is 8.00. The minimum atomic E-state index is -0.00374. The summed E-state index contributed by atoms with van der Waals surface area (Å²) < 4.78 is 0. The molecule has 1 aliphatic heterocycles. The van der Waals surface area contributed by atoms with Crippen molar-refractivity contribution in [2.24, 2.45) is 5.92 Å². The molecule has 90 valence electrons. The van der Waals surface area contributed by atoms with Gasteiger partial charge in [-0.2, -0.15) is 0 Å². The average Bonchev–Trinajstić information content (AvgIpc) is 2.27. The minimum absolute atomic E-state index is 0.00374. The van der Waals surface area contributed by atoms with E-state index in [1.165, 1.54) is 11.8 Å². The van der Waals surface area contributed by atoms with E-state index in [-0.39, 0.29) is 11.7 Å². The highest BCUT2D eigenvalue weighted by Crippen LogP contribution is 2.32. The number of amides is 1. The molecule has 0 aliphatic carbocycles. The van der Waals surface area contributed by atoms with Crippen molar-refractivity contribution in [3.8, 4) is 0 Å². The first-order chi connectivity index (χ1) is 8.06. The number of anilines is 1. The number of benzene rings is 1. The average molecular weight is 249 g/mol. The molecule has 0 atom stereocenters. The summed E-state index contributed by atoms with van der Waals surface area (Å²) in [5, 5.41) is 2.80. The molecule has 1 N–H and O–H groups in total. The van der Waals surface area contributed by atoms with E-state index >= 15 is 0 Å². The van der Waals surface area contributed by atoms with E-state index in [0.29, 0.717) is 23.7 Å². The number of ketones is 1. The van der Waals surface area contributed by atoms with Gasteiger partial charge >= 0.3 is 0 Å². The maximum atomic E-state index is 11.9. The summed E-state index contributed by atoms with van der Waals surface area (Å²) in [6.45, 7) is 4.04. The minimum Gasteiger partial charge on any atom is -0.324 e. The molecule has 0 spiro atoms. The third-order valence-electron chi connectivity index (χ3n) is 2.53. The van der Waals surface area contributed by atoms with Crippen molar-refractivity contribution in [3.63, 3.8) is 0 Å². The van der Waals surface area contributed by atoms with Crippen LogP contribution in [0.25, 0.3) is 0 Å². The van der Waals surface area contributed by atoms with Crippen LogP contribution in [0.15, 0.2) is 23.1 Å². The van der Waals surface area contributed by atoms with Crippen LogP contribution in [0.1, 0.15) is 30.6 Å². The summed E-state index contributed by atoms with van der Waals surface area (Å²) >= 11 is 1.51. The van der Waals surface area contributed by atoms with Crippen molar-refractivity contribution in [2.45, 2.75) is 25.2 Å². The topological polar surface area (TPSA) is 46.2 Å². The fourth-order valence-corrected chi connectivity index (χ4v) is 2.53. The van der Waals surface area contributed by atoms with Crippen LogP contribution in [0, 0.1) is 5.92 Å². The Morgan fingerprint density at radius 1 is 1.47 bits per heavy atom. The lowest BCUT2D eigenvalue weighted by Gasteiger charge is -2.17. The van der Waals surface area contributed by atoms with Crippen molar-refractivity contribution in [1.29, 1.82) is 0 Å². The Balaban J connectivity index is 2.23. The van der Waals surface area contributed by atoms with Crippen LogP contribution >= 0.6 is 11.8 Å². The van der Waals surface area contributed by atoms with Gasteiger partial charge in [0.1, 0.15) is 0 Å². The van der Waals surface area contributed by atoms with E-state index in [2.05, 4.69) is 5.32 Å². The zero-order valence-corrected chi connectivity index (χ0v) is 10.8. The molecule has 4 heteroatoms. The van der Waals surface area contributed by atoms with E-state index < -0.39 is 0 Å². The molecule has 0 unspecified atom stereocenters. The van der Waals surface area contributed by atoms with Gasteiger partial charge in [-0.15, -0.1) is 11.8 Å². The number of hydrogen-bond donors (Lipinski definition) is 1. The largest absolute Gasteiger partial charge is 0.324 e. The Kier molecular flexibility index (Phi) is 3.52. The fraction of sp³-hybridized carbons (Fsp3) is 0.385. The van der Waals surface area contributed by atoms with E-state index in [9.17, 15) is 9.59 Å². The highest BCUT2D eigenvalue weighted by atomic mass is 32.2.